The number of aromatic amines is 1. The van der Waals surface area contributed by atoms with E-state index in [1.54, 1.807) is 11.9 Å². The summed E-state index contributed by atoms with van der Waals surface area (Å²) in [7, 11) is -6.97. The van der Waals surface area contributed by atoms with Crippen LogP contribution < -0.4 is 32.7 Å². The summed E-state index contributed by atoms with van der Waals surface area (Å²) in [6.45, 7) is -0.159. The van der Waals surface area contributed by atoms with Crippen LogP contribution in [0.15, 0.2) is 76.4 Å². The van der Waals surface area contributed by atoms with E-state index in [0.717, 1.165) is 31.1 Å². The molecule has 4 fully saturated rings. The van der Waals surface area contributed by atoms with Gasteiger partial charge in [-0.15, -0.1) is 0 Å². The van der Waals surface area contributed by atoms with Gasteiger partial charge in [-0.1, -0.05) is 18.2 Å². The number of sulfone groups is 1. The monoisotopic (exact) mass is 1170 g/mol. The van der Waals surface area contributed by atoms with Gasteiger partial charge in [-0.3, -0.25) is 62.2 Å². The minimum Gasteiger partial charge on any atom is -0.370 e. The summed E-state index contributed by atoms with van der Waals surface area (Å²) in [5.41, 5.74) is 6.43. The molecular weight excluding hydrogens is 1100 g/mol. The van der Waals surface area contributed by atoms with Crippen LogP contribution in [0.5, 0.6) is 0 Å². The molecule has 27 heteroatoms. The highest BCUT2D eigenvalue weighted by Crippen LogP contribution is 2.40. The Balaban J connectivity index is 0.891. The van der Waals surface area contributed by atoms with E-state index in [9.17, 15) is 65.9 Å². The summed E-state index contributed by atoms with van der Waals surface area (Å²) in [4.78, 5) is 159. The van der Waals surface area contributed by atoms with Gasteiger partial charge in [0, 0.05) is 74.2 Å². The number of primary amides is 1. The fraction of sp³-hybridized carbons (Fsp3) is 0.455. The second kappa shape index (κ2) is 24.0. The van der Waals surface area contributed by atoms with Gasteiger partial charge in [0.1, 0.15) is 29.9 Å². The number of nitrogens with zero attached hydrogens (tertiary/aromatic N) is 4. The van der Waals surface area contributed by atoms with Crippen LogP contribution in [0.4, 0.5) is 0 Å². The molecule has 0 bridgehead atoms. The van der Waals surface area contributed by atoms with E-state index < -0.39 is 94.5 Å². The van der Waals surface area contributed by atoms with Crippen molar-refractivity contribution in [2.45, 2.75) is 125 Å². The lowest BCUT2D eigenvalue weighted by Crippen LogP contribution is -2.62. The average Bonchev–Trinajstić information content (AvgIpc) is 4.36. The Morgan fingerprint density at radius 2 is 1.57 bits per heavy atom. The molecular formula is C55H65N10O15PS. The lowest BCUT2D eigenvalue weighted by molar-refractivity contribution is -0.147. The minimum atomic E-state index is -5.14. The van der Waals surface area contributed by atoms with E-state index in [4.69, 9.17) is 5.73 Å². The number of fused-ring (bicyclic) bond motifs is 3. The predicted octanol–water partition coefficient (Wildman–Crippen LogP) is 1.72. The summed E-state index contributed by atoms with van der Waals surface area (Å²) in [5, 5.41) is 10.8. The Labute approximate surface area is 470 Å². The Bertz CT molecular complexity index is 3640. The number of imide groups is 1. The third-order valence-electron chi connectivity index (χ3n) is 16.3. The summed E-state index contributed by atoms with van der Waals surface area (Å²) >= 11 is 0. The predicted molar refractivity (Wildman–Crippen MR) is 295 cm³/mol. The maximum Gasteiger partial charge on any atom is 0.396 e. The van der Waals surface area contributed by atoms with Gasteiger partial charge in [-0.2, -0.15) is 0 Å². The number of carbonyl (C=O) groups is 9. The van der Waals surface area contributed by atoms with Gasteiger partial charge in [0.25, 0.3) is 11.4 Å². The second-order valence-corrected chi connectivity index (χ2v) is 25.4. The van der Waals surface area contributed by atoms with Gasteiger partial charge in [-0.05, 0) is 136 Å². The number of aromatic nitrogens is 3. The minimum absolute atomic E-state index is 0.0566. The van der Waals surface area contributed by atoms with E-state index in [1.165, 1.54) is 62.6 Å². The first-order valence-electron chi connectivity index (χ1n) is 27.2. The number of nitrogens with two attached hydrogens (primary N) is 1. The maximum absolute atomic E-state index is 15.1. The highest BCUT2D eigenvalue weighted by Gasteiger charge is 2.47. The highest BCUT2D eigenvalue weighted by atomic mass is 32.2. The molecule has 5 aromatic rings. The first-order valence-corrected chi connectivity index (χ1v) is 30.7. The normalized spacial score (nSPS) is 22.0. The molecule has 3 aliphatic heterocycles. The summed E-state index contributed by atoms with van der Waals surface area (Å²) in [6.07, 6.45) is 5.81. The molecule has 436 valence electrons. The van der Waals surface area contributed by atoms with E-state index in [-0.39, 0.29) is 103 Å². The Morgan fingerprint density at radius 1 is 0.854 bits per heavy atom. The van der Waals surface area contributed by atoms with Crippen LogP contribution in [0, 0.1) is 11.8 Å². The SMILES string of the molecule is Cn1c(=O)n(C2CCC(=O)NC2=O)c2ccc(CC[C@H]3CC[C@@H](C(=O)N4CC[C@H]5CC[C@@H](C(=O)N[C@@H](CCC(N)=O)C(=O)NCc6ccc(S(C)(=O)=O)cc6)N5C(=O)[C@@H](NC(=O)c5cc6cc(C(=O)P(=O)(O)O)ccc6[nH]5)C4)CC3)cc21. The topological polar surface area (TPSA) is 369 Å². The van der Waals surface area contributed by atoms with Crippen LogP contribution in [0.3, 0.4) is 0 Å². The third kappa shape index (κ3) is 12.9. The van der Waals surface area contributed by atoms with Crippen molar-refractivity contribution in [2.75, 3.05) is 19.3 Å². The molecule has 1 unspecified atom stereocenters. The van der Waals surface area contributed by atoms with Crippen molar-refractivity contribution in [1.82, 2.24) is 45.2 Å². The molecule has 1 aliphatic carbocycles. The Hall–Kier alpha value is -7.80. The lowest BCUT2D eigenvalue weighted by Gasteiger charge is -2.40. The number of H-pyrrole nitrogens is 1. The van der Waals surface area contributed by atoms with Crippen molar-refractivity contribution in [3.63, 3.8) is 0 Å². The number of imidazole rings is 1. The molecule has 5 heterocycles. The quantitative estimate of drug-likeness (QED) is 0.0457. The van der Waals surface area contributed by atoms with Gasteiger partial charge < -0.3 is 46.3 Å². The standard InChI is InChI=1S/C55H65N10O15PS/c1-62-45-25-31(9-18-42(45)65(55(62)75)44-20-22-47(67)61-51(44)71)4-3-30-5-10-33(11-6-30)52(72)63-24-23-36-13-19-43(50(70)59-39(17-21-46(56)66)48(68)57-28-32-7-14-37(15-8-32)82(2,79)80)64(36)53(73)41(29-63)60-49(69)40-27-35-26-34(12-16-38(35)58-40)54(74)81(76,77)78/h7-9,12,14-16,18,25-27,30,33,36,39,41,43-44,58H,3-6,10-11,13,17,19-24,28-29H2,1-2H3,(H2,56,66)(H,57,68)(H,59,70)(H,60,69)(H,61,67,71)(H2,76,77,78)/t30-,33+,36-,39+,41+,43+,44?/m1/s1. The molecule has 3 saturated heterocycles. The average molecular weight is 1170 g/mol. The lowest BCUT2D eigenvalue weighted by atomic mass is 9.79. The van der Waals surface area contributed by atoms with Crippen LogP contribution in [0.25, 0.3) is 21.9 Å². The molecule has 9 rings (SSSR count). The van der Waals surface area contributed by atoms with Crippen molar-refractivity contribution in [2.24, 2.45) is 24.6 Å². The molecule has 0 radical (unpaired) electrons. The number of aryl methyl sites for hydroxylation is 2. The van der Waals surface area contributed by atoms with E-state index in [1.807, 2.05) is 18.2 Å². The van der Waals surface area contributed by atoms with E-state index >= 15 is 4.79 Å². The van der Waals surface area contributed by atoms with Gasteiger partial charge >= 0.3 is 13.3 Å². The molecule has 25 nitrogen and oxygen atoms in total. The van der Waals surface area contributed by atoms with Crippen molar-refractivity contribution < 1.29 is 65.9 Å². The van der Waals surface area contributed by atoms with Crippen molar-refractivity contribution in [1.29, 1.82) is 0 Å². The molecule has 3 aromatic carbocycles. The number of rotatable bonds is 18. The zero-order valence-corrected chi connectivity index (χ0v) is 46.8. The molecule has 1 saturated carbocycles. The molecule has 4 aliphatic rings. The van der Waals surface area contributed by atoms with Crippen molar-refractivity contribution in [3.05, 3.63) is 99.6 Å². The zero-order chi connectivity index (χ0) is 58.9. The summed E-state index contributed by atoms with van der Waals surface area (Å²) < 4.78 is 38.6. The van der Waals surface area contributed by atoms with Crippen LogP contribution in [0.1, 0.15) is 115 Å². The van der Waals surface area contributed by atoms with E-state index in [0.29, 0.717) is 47.8 Å². The number of hydrogen-bond acceptors (Lipinski definition) is 13. The third-order valence-corrected chi connectivity index (χ3v) is 18.2. The van der Waals surface area contributed by atoms with E-state index in [2.05, 4.69) is 26.3 Å². The zero-order valence-electron chi connectivity index (χ0n) is 45.1. The van der Waals surface area contributed by atoms with Gasteiger partial charge in [-0.25, -0.2) is 13.2 Å². The number of benzene rings is 3. The maximum atomic E-state index is 15.1. The number of nitrogens with one attached hydrogen (secondary N) is 5. The van der Waals surface area contributed by atoms with Crippen LogP contribution >= 0.6 is 7.60 Å². The molecule has 82 heavy (non-hydrogen) atoms. The first-order chi connectivity index (χ1) is 38.8. The molecule has 8 amide bonds. The van der Waals surface area contributed by atoms with Gasteiger partial charge in [0.05, 0.1) is 15.9 Å². The van der Waals surface area contributed by atoms with Crippen molar-refractivity contribution in [3.8, 4) is 0 Å². The molecule has 2 aromatic heterocycles. The summed E-state index contributed by atoms with van der Waals surface area (Å²) in [5.74, 6) is -4.79. The fourth-order valence-corrected chi connectivity index (χ4v) is 12.9. The van der Waals surface area contributed by atoms with Gasteiger partial charge in [0.15, 0.2) is 9.84 Å². The second-order valence-electron chi connectivity index (χ2n) is 21.9. The largest absolute Gasteiger partial charge is 0.396 e. The number of hydrogen-bond donors (Lipinski definition) is 8. The van der Waals surface area contributed by atoms with Crippen LogP contribution in [-0.2, 0) is 68.0 Å². The molecule has 0 spiro atoms. The van der Waals surface area contributed by atoms with Crippen molar-refractivity contribution >= 4 is 92.2 Å². The number of piperidine rings is 1. The molecule has 5 atom stereocenters. The first kappa shape index (κ1) is 58.8. The Kier molecular flexibility index (Phi) is 17.2. The fourth-order valence-electron chi connectivity index (χ4n) is 11.8. The molecule has 9 N–H and O–H groups in total. The smallest absolute Gasteiger partial charge is 0.370 e. The van der Waals surface area contributed by atoms with Gasteiger partial charge in [0.2, 0.25) is 41.4 Å². The van der Waals surface area contributed by atoms with Crippen LogP contribution in [-0.4, -0.2) is 138 Å². The Morgan fingerprint density at radius 3 is 2.26 bits per heavy atom. The number of carbonyl (C=O) groups excluding carboxylic acids is 9. The highest BCUT2D eigenvalue weighted by molar-refractivity contribution is 7.90. The summed E-state index contributed by atoms with van der Waals surface area (Å²) in [6, 6.07) is 11.4. The van der Waals surface area contributed by atoms with Crippen LogP contribution in [0.2, 0.25) is 0 Å². The number of amides is 8.